The van der Waals surface area contributed by atoms with Gasteiger partial charge in [0.2, 0.25) is 0 Å². The summed E-state index contributed by atoms with van der Waals surface area (Å²) in [4.78, 5) is 16.6. The van der Waals surface area contributed by atoms with Gasteiger partial charge in [-0.25, -0.2) is 0 Å². The van der Waals surface area contributed by atoms with E-state index in [1.165, 1.54) is 11.1 Å². The summed E-state index contributed by atoms with van der Waals surface area (Å²) in [5, 5.41) is 0. The molecule has 1 fully saturated rings. The van der Waals surface area contributed by atoms with Crippen molar-refractivity contribution >= 4 is 5.91 Å². The quantitative estimate of drug-likeness (QED) is 0.848. The number of carbonyl (C=O) groups excluding carboxylic acids is 1. The molecule has 4 heteroatoms. The van der Waals surface area contributed by atoms with Crippen LogP contribution in [0.3, 0.4) is 0 Å². The summed E-state index contributed by atoms with van der Waals surface area (Å²) in [6.07, 6.45) is 0. The van der Waals surface area contributed by atoms with Crippen LogP contribution >= 0.6 is 0 Å². The smallest absolute Gasteiger partial charge is 0.260 e. The maximum absolute atomic E-state index is 12.3. The normalized spacial score (nSPS) is 15.3. The van der Waals surface area contributed by atoms with Gasteiger partial charge >= 0.3 is 0 Å². The Kier molecular flexibility index (Phi) is 5.49. The van der Waals surface area contributed by atoms with Crippen LogP contribution in [-0.2, 0) is 11.3 Å². The van der Waals surface area contributed by atoms with E-state index in [0.29, 0.717) is 0 Å². The monoisotopic (exact) mass is 324 g/mol. The molecule has 0 unspecified atom stereocenters. The molecule has 0 N–H and O–H groups in total. The van der Waals surface area contributed by atoms with Gasteiger partial charge in [0.05, 0.1) is 0 Å². The average Bonchev–Trinajstić information content (AvgIpc) is 2.62. The van der Waals surface area contributed by atoms with Crippen LogP contribution in [0.25, 0.3) is 0 Å². The molecule has 0 atom stereocenters. The Morgan fingerprint density at radius 3 is 2.29 bits per heavy atom. The molecule has 1 saturated heterocycles. The van der Waals surface area contributed by atoms with Crippen LogP contribution in [0.15, 0.2) is 54.6 Å². The van der Waals surface area contributed by atoms with Gasteiger partial charge in [0.25, 0.3) is 5.91 Å². The van der Waals surface area contributed by atoms with E-state index in [1.54, 1.807) is 0 Å². The lowest BCUT2D eigenvalue weighted by atomic mass is 10.2. The van der Waals surface area contributed by atoms with E-state index in [2.05, 4.69) is 29.2 Å². The fraction of sp³-hybridized carbons (Fsp3) is 0.350. The topological polar surface area (TPSA) is 32.8 Å². The lowest BCUT2D eigenvalue weighted by molar-refractivity contribution is -0.135. The zero-order valence-corrected chi connectivity index (χ0v) is 14.1. The van der Waals surface area contributed by atoms with Gasteiger partial charge in [0.1, 0.15) is 5.75 Å². The predicted octanol–water partition coefficient (Wildman–Crippen LogP) is 2.72. The van der Waals surface area contributed by atoms with Crippen molar-refractivity contribution in [2.45, 2.75) is 13.5 Å². The Bertz CT molecular complexity index is 647. The van der Waals surface area contributed by atoms with Crippen LogP contribution in [0.2, 0.25) is 0 Å². The van der Waals surface area contributed by atoms with Crippen molar-refractivity contribution in [2.24, 2.45) is 0 Å². The third-order valence-corrected chi connectivity index (χ3v) is 4.36. The third-order valence-electron chi connectivity index (χ3n) is 4.36. The SMILES string of the molecule is Cc1ccc(OCC(=O)N2CCN(Cc3ccccc3)CC2)cc1. The molecule has 0 aromatic heterocycles. The molecule has 0 saturated carbocycles. The van der Waals surface area contributed by atoms with Crippen molar-refractivity contribution in [3.05, 3.63) is 65.7 Å². The van der Waals surface area contributed by atoms with Gasteiger partial charge in [-0.15, -0.1) is 0 Å². The van der Waals surface area contributed by atoms with Gasteiger partial charge in [-0.05, 0) is 24.6 Å². The molecule has 0 aliphatic carbocycles. The minimum absolute atomic E-state index is 0.0648. The first-order valence-corrected chi connectivity index (χ1v) is 8.44. The van der Waals surface area contributed by atoms with E-state index in [1.807, 2.05) is 42.2 Å². The minimum atomic E-state index is 0.0648. The largest absolute Gasteiger partial charge is 0.484 e. The first-order chi connectivity index (χ1) is 11.7. The molecular weight excluding hydrogens is 300 g/mol. The Morgan fingerprint density at radius 2 is 1.62 bits per heavy atom. The minimum Gasteiger partial charge on any atom is -0.484 e. The van der Waals surface area contributed by atoms with Crippen LogP contribution in [0.4, 0.5) is 0 Å². The maximum atomic E-state index is 12.3. The van der Waals surface area contributed by atoms with Crippen molar-refractivity contribution in [1.29, 1.82) is 0 Å². The second kappa shape index (κ2) is 7.97. The Balaban J connectivity index is 1.42. The van der Waals surface area contributed by atoms with E-state index in [9.17, 15) is 4.79 Å². The third kappa shape index (κ3) is 4.59. The summed E-state index contributed by atoms with van der Waals surface area (Å²) in [6, 6.07) is 18.2. The Morgan fingerprint density at radius 1 is 0.958 bits per heavy atom. The molecule has 3 rings (SSSR count). The Labute approximate surface area is 143 Å². The molecule has 1 heterocycles. The average molecular weight is 324 g/mol. The van der Waals surface area contributed by atoms with Gasteiger partial charge < -0.3 is 9.64 Å². The molecule has 2 aromatic rings. The molecular formula is C20H24N2O2. The summed E-state index contributed by atoms with van der Waals surface area (Å²) >= 11 is 0. The molecule has 0 spiro atoms. The molecule has 0 radical (unpaired) electrons. The number of hydrogen-bond acceptors (Lipinski definition) is 3. The van der Waals surface area contributed by atoms with Gasteiger partial charge in [-0.1, -0.05) is 48.0 Å². The second-order valence-electron chi connectivity index (χ2n) is 6.24. The molecule has 126 valence electrons. The summed E-state index contributed by atoms with van der Waals surface area (Å²) < 4.78 is 5.59. The summed E-state index contributed by atoms with van der Waals surface area (Å²) in [6.45, 7) is 6.44. The number of hydrogen-bond donors (Lipinski definition) is 0. The summed E-state index contributed by atoms with van der Waals surface area (Å²) in [5.74, 6) is 0.812. The highest BCUT2D eigenvalue weighted by molar-refractivity contribution is 5.77. The van der Waals surface area contributed by atoms with Crippen LogP contribution in [-0.4, -0.2) is 48.5 Å². The fourth-order valence-corrected chi connectivity index (χ4v) is 2.87. The summed E-state index contributed by atoms with van der Waals surface area (Å²) in [7, 11) is 0. The predicted molar refractivity (Wildman–Crippen MR) is 95.0 cm³/mol. The van der Waals surface area contributed by atoms with Gasteiger partial charge in [0.15, 0.2) is 6.61 Å². The van der Waals surface area contributed by atoms with E-state index in [4.69, 9.17) is 4.74 Å². The highest BCUT2D eigenvalue weighted by atomic mass is 16.5. The van der Waals surface area contributed by atoms with Crippen LogP contribution in [0, 0.1) is 6.92 Å². The number of carbonyl (C=O) groups is 1. The highest BCUT2D eigenvalue weighted by Crippen LogP contribution is 2.12. The van der Waals surface area contributed by atoms with Crippen LogP contribution < -0.4 is 4.74 Å². The van der Waals surface area contributed by atoms with Crippen molar-refractivity contribution in [3.8, 4) is 5.75 Å². The zero-order valence-electron chi connectivity index (χ0n) is 14.1. The number of piperazine rings is 1. The molecule has 1 amide bonds. The summed E-state index contributed by atoms with van der Waals surface area (Å²) in [5.41, 5.74) is 2.50. The number of rotatable bonds is 5. The number of nitrogens with zero attached hydrogens (tertiary/aromatic N) is 2. The number of aryl methyl sites for hydroxylation is 1. The molecule has 1 aliphatic heterocycles. The van der Waals surface area contributed by atoms with E-state index in [0.717, 1.165) is 38.5 Å². The standard InChI is InChI=1S/C20H24N2O2/c1-17-7-9-19(10-8-17)24-16-20(23)22-13-11-21(12-14-22)15-18-5-3-2-4-6-18/h2-10H,11-16H2,1H3. The lowest BCUT2D eigenvalue weighted by Crippen LogP contribution is -2.49. The molecule has 4 nitrogen and oxygen atoms in total. The van der Waals surface area contributed by atoms with Crippen molar-refractivity contribution in [1.82, 2.24) is 9.80 Å². The van der Waals surface area contributed by atoms with Crippen LogP contribution in [0.5, 0.6) is 5.75 Å². The van der Waals surface area contributed by atoms with Gasteiger partial charge in [-0.2, -0.15) is 0 Å². The Hall–Kier alpha value is -2.33. The lowest BCUT2D eigenvalue weighted by Gasteiger charge is -2.34. The number of ether oxygens (including phenoxy) is 1. The number of amides is 1. The van der Waals surface area contributed by atoms with Gasteiger partial charge in [-0.3, -0.25) is 9.69 Å². The molecule has 2 aromatic carbocycles. The fourth-order valence-electron chi connectivity index (χ4n) is 2.87. The van der Waals surface area contributed by atoms with E-state index >= 15 is 0 Å². The first-order valence-electron chi connectivity index (χ1n) is 8.44. The maximum Gasteiger partial charge on any atom is 0.260 e. The van der Waals surface area contributed by atoms with Crippen molar-refractivity contribution in [2.75, 3.05) is 32.8 Å². The number of benzene rings is 2. The molecule has 24 heavy (non-hydrogen) atoms. The first kappa shape index (κ1) is 16.5. The molecule has 0 bridgehead atoms. The second-order valence-corrected chi connectivity index (χ2v) is 6.24. The molecule has 1 aliphatic rings. The van der Waals surface area contributed by atoms with Crippen LogP contribution in [0.1, 0.15) is 11.1 Å². The zero-order chi connectivity index (χ0) is 16.8. The highest BCUT2D eigenvalue weighted by Gasteiger charge is 2.21. The van der Waals surface area contributed by atoms with E-state index < -0.39 is 0 Å². The van der Waals surface area contributed by atoms with E-state index in [-0.39, 0.29) is 12.5 Å². The van der Waals surface area contributed by atoms with Crippen molar-refractivity contribution < 1.29 is 9.53 Å². The van der Waals surface area contributed by atoms with Gasteiger partial charge in [0, 0.05) is 32.7 Å². The van der Waals surface area contributed by atoms with Crippen molar-refractivity contribution in [3.63, 3.8) is 0 Å².